The molecule has 1 amide bonds. The average Bonchev–Trinajstić information content (AvgIpc) is 3.41. The van der Waals surface area contributed by atoms with Crippen LogP contribution in [0.4, 0.5) is 5.69 Å². The summed E-state index contributed by atoms with van der Waals surface area (Å²) in [6.07, 6.45) is 5.94. The van der Waals surface area contributed by atoms with Gasteiger partial charge in [-0.1, -0.05) is 43.2 Å². The molecule has 3 aromatic rings. The molecule has 7 heteroatoms. The van der Waals surface area contributed by atoms with Crippen LogP contribution >= 0.6 is 0 Å². The van der Waals surface area contributed by atoms with Crippen LogP contribution in [-0.4, -0.2) is 46.5 Å². The number of nitrogens with zero attached hydrogens (tertiary/aromatic N) is 5. The Hall–Kier alpha value is -3.66. The second kappa shape index (κ2) is 9.07. The van der Waals surface area contributed by atoms with E-state index in [0.29, 0.717) is 44.1 Å². The molecule has 7 nitrogen and oxygen atoms in total. The molecule has 1 aliphatic carbocycles. The van der Waals surface area contributed by atoms with E-state index in [0.717, 1.165) is 36.6 Å². The first-order valence-electron chi connectivity index (χ1n) is 11.7. The first kappa shape index (κ1) is 21.2. The summed E-state index contributed by atoms with van der Waals surface area (Å²) in [6, 6.07) is 15.7. The van der Waals surface area contributed by atoms with Crippen molar-refractivity contribution in [3.8, 4) is 6.07 Å². The lowest BCUT2D eigenvalue weighted by Crippen LogP contribution is -2.50. The van der Waals surface area contributed by atoms with Gasteiger partial charge in [-0.2, -0.15) is 5.26 Å². The normalized spacial score (nSPS) is 16.8. The van der Waals surface area contributed by atoms with E-state index in [1.807, 2.05) is 47.4 Å². The second-order valence-electron chi connectivity index (χ2n) is 8.88. The molecule has 1 saturated carbocycles. The zero-order valence-electron chi connectivity index (χ0n) is 18.6. The summed E-state index contributed by atoms with van der Waals surface area (Å²) in [6.45, 7) is 2.76. The van der Waals surface area contributed by atoms with E-state index in [9.17, 15) is 14.9 Å². The molecule has 33 heavy (non-hydrogen) atoms. The quantitative estimate of drug-likeness (QED) is 0.621. The summed E-state index contributed by atoms with van der Waals surface area (Å²) in [7, 11) is 0. The van der Waals surface area contributed by atoms with Gasteiger partial charge in [0.2, 0.25) is 5.91 Å². The Morgan fingerprint density at radius 3 is 2.45 bits per heavy atom. The Morgan fingerprint density at radius 2 is 1.76 bits per heavy atom. The number of benzene rings is 1. The highest BCUT2D eigenvalue weighted by atomic mass is 16.2. The van der Waals surface area contributed by atoms with Crippen LogP contribution < -0.4 is 10.5 Å². The third-order valence-electron chi connectivity index (χ3n) is 6.90. The van der Waals surface area contributed by atoms with Crippen LogP contribution in [0.3, 0.4) is 0 Å². The van der Waals surface area contributed by atoms with E-state index < -0.39 is 0 Å². The Labute approximate surface area is 192 Å². The molecular weight excluding hydrogens is 414 g/mol. The van der Waals surface area contributed by atoms with Gasteiger partial charge in [-0.05, 0) is 30.5 Å². The number of hydrogen-bond acceptors (Lipinski definition) is 5. The molecule has 5 rings (SSSR count). The Balaban J connectivity index is 1.49. The van der Waals surface area contributed by atoms with Gasteiger partial charge in [0.15, 0.2) is 0 Å². The van der Waals surface area contributed by atoms with Crippen molar-refractivity contribution in [1.82, 2.24) is 14.5 Å². The molecule has 168 valence electrons. The van der Waals surface area contributed by atoms with Crippen molar-refractivity contribution >= 4 is 22.6 Å². The highest BCUT2D eigenvalue weighted by Crippen LogP contribution is 2.30. The number of piperazine rings is 1. The van der Waals surface area contributed by atoms with Gasteiger partial charge in [-0.15, -0.1) is 0 Å². The van der Waals surface area contributed by atoms with Crippen molar-refractivity contribution in [1.29, 1.82) is 5.26 Å². The molecule has 0 unspecified atom stereocenters. The minimum absolute atomic E-state index is 0.141. The van der Waals surface area contributed by atoms with Crippen molar-refractivity contribution in [2.24, 2.45) is 5.92 Å². The van der Waals surface area contributed by atoms with Crippen LogP contribution in [0.15, 0.2) is 53.5 Å². The van der Waals surface area contributed by atoms with E-state index in [4.69, 9.17) is 0 Å². The summed E-state index contributed by atoms with van der Waals surface area (Å²) < 4.78 is 1.59. The zero-order valence-corrected chi connectivity index (χ0v) is 18.6. The number of aromatic nitrogens is 2. The molecule has 0 bridgehead atoms. The minimum atomic E-state index is -0.327. The van der Waals surface area contributed by atoms with E-state index in [-0.39, 0.29) is 22.9 Å². The lowest BCUT2D eigenvalue weighted by Gasteiger charge is -2.38. The van der Waals surface area contributed by atoms with E-state index in [2.05, 4.69) is 16.0 Å². The number of hydrogen-bond donors (Lipinski definition) is 0. The van der Waals surface area contributed by atoms with Crippen molar-refractivity contribution in [2.45, 2.75) is 32.2 Å². The summed E-state index contributed by atoms with van der Waals surface area (Å²) in [5, 5.41) is 10.8. The molecule has 1 aliphatic heterocycles. The van der Waals surface area contributed by atoms with Crippen LogP contribution in [0.1, 0.15) is 36.8 Å². The summed E-state index contributed by atoms with van der Waals surface area (Å²) >= 11 is 0. The monoisotopic (exact) mass is 441 g/mol. The molecule has 3 heterocycles. The fourth-order valence-electron chi connectivity index (χ4n) is 5.19. The lowest BCUT2D eigenvalue weighted by molar-refractivity contribution is -0.135. The standard InChI is InChI=1S/C26H27N5O2/c27-17-22-23(29-13-15-30(16-14-29)25(32)20-9-4-5-10-20)21-11-6-12-28-24(21)31(26(22)33)18-19-7-2-1-3-8-19/h1-3,6-8,11-12,20H,4-5,9-10,13-16,18H2. The smallest absolute Gasteiger partial charge is 0.272 e. The summed E-state index contributed by atoms with van der Waals surface area (Å²) in [4.78, 5) is 34.8. The van der Waals surface area contributed by atoms with Gasteiger partial charge in [0.05, 0.1) is 12.2 Å². The highest BCUT2D eigenvalue weighted by Gasteiger charge is 2.31. The molecule has 2 fully saturated rings. The van der Waals surface area contributed by atoms with Gasteiger partial charge in [0, 0.05) is 43.7 Å². The van der Waals surface area contributed by atoms with Crippen LogP contribution in [-0.2, 0) is 11.3 Å². The maximum absolute atomic E-state index is 13.4. The molecular formula is C26H27N5O2. The van der Waals surface area contributed by atoms with Crippen LogP contribution in [0.25, 0.3) is 11.0 Å². The predicted octanol–water partition coefficient (Wildman–Crippen LogP) is 3.16. The Morgan fingerprint density at radius 1 is 1.03 bits per heavy atom. The van der Waals surface area contributed by atoms with Crippen LogP contribution in [0, 0.1) is 17.2 Å². The fraction of sp³-hybridized carbons (Fsp3) is 0.385. The van der Waals surface area contributed by atoms with Gasteiger partial charge in [-0.3, -0.25) is 14.2 Å². The Bertz CT molecular complexity index is 1260. The lowest BCUT2D eigenvalue weighted by atomic mass is 10.1. The first-order valence-corrected chi connectivity index (χ1v) is 11.7. The molecule has 0 radical (unpaired) electrons. The Kier molecular flexibility index (Phi) is 5.82. The van der Waals surface area contributed by atoms with Crippen LogP contribution in [0.5, 0.6) is 0 Å². The summed E-state index contributed by atoms with van der Waals surface area (Å²) in [5.74, 6) is 0.427. The number of rotatable bonds is 4. The number of fused-ring (bicyclic) bond motifs is 1. The van der Waals surface area contributed by atoms with Crippen LogP contribution in [0.2, 0.25) is 0 Å². The van der Waals surface area contributed by atoms with E-state index in [1.165, 1.54) is 0 Å². The van der Waals surface area contributed by atoms with Crippen molar-refractivity contribution in [3.63, 3.8) is 0 Å². The summed E-state index contributed by atoms with van der Waals surface area (Å²) in [5.41, 5.74) is 2.00. The molecule has 0 N–H and O–H groups in total. The number of amides is 1. The first-order chi connectivity index (χ1) is 16.2. The van der Waals surface area contributed by atoms with Gasteiger partial charge < -0.3 is 9.80 Å². The third-order valence-corrected chi connectivity index (χ3v) is 6.90. The topological polar surface area (TPSA) is 82.2 Å². The minimum Gasteiger partial charge on any atom is -0.366 e. The van der Waals surface area contributed by atoms with Crippen molar-refractivity contribution < 1.29 is 4.79 Å². The molecule has 0 atom stereocenters. The number of carbonyl (C=O) groups excluding carboxylic acids is 1. The second-order valence-corrected chi connectivity index (χ2v) is 8.88. The van der Waals surface area contributed by atoms with E-state index >= 15 is 0 Å². The number of nitriles is 1. The average molecular weight is 442 g/mol. The van der Waals surface area contributed by atoms with Gasteiger partial charge in [0.25, 0.3) is 5.56 Å². The maximum Gasteiger partial charge on any atom is 0.272 e. The molecule has 0 spiro atoms. The molecule has 1 saturated heterocycles. The zero-order chi connectivity index (χ0) is 22.8. The highest BCUT2D eigenvalue weighted by molar-refractivity contribution is 5.93. The number of pyridine rings is 2. The molecule has 2 aliphatic rings. The van der Waals surface area contributed by atoms with Gasteiger partial charge >= 0.3 is 0 Å². The maximum atomic E-state index is 13.4. The predicted molar refractivity (Wildman–Crippen MR) is 127 cm³/mol. The molecule has 2 aromatic heterocycles. The molecule has 1 aromatic carbocycles. The van der Waals surface area contributed by atoms with Crippen molar-refractivity contribution in [2.75, 3.05) is 31.1 Å². The number of anilines is 1. The third kappa shape index (κ3) is 3.97. The fourth-order valence-corrected chi connectivity index (χ4v) is 5.19. The van der Waals surface area contributed by atoms with E-state index in [1.54, 1.807) is 10.8 Å². The van der Waals surface area contributed by atoms with Gasteiger partial charge in [-0.25, -0.2) is 4.98 Å². The van der Waals surface area contributed by atoms with Gasteiger partial charge in [0.1, 0.15) is 17.3 Å². The largest absolute Gasteiger partial charge is 0.366 e. The SMILES string of the molecule is N#Cc1c(N2CCN(C(=O)C3CCCC3)CC2)c2cccnc2n(Cc2ccccc2)c1=O. The number of carbonyl (C=O) groups is 1. The van der Waals surface area contributed by atoms with Crippen molar-refractivity contribution in [3.05, 3.63) is 70.1 Å².